The topological polar surface area (TPSA) is 103 Å². The largest absolute Gasteiger partial charge is 0.396 e. The minimum absolute atomic E-state index is 0.222. The summed E-state index contributed by atoms with van der Waals surface area (Å²) in [5.41, 5.74) is 3.84. The molecule has 2 aromatic carbocycles. The Bertz CT molecular complexity index is 853. The molecule has 0 heterocycles. The third-order valence-corrected chi connectivity index (χ3v) is 4.59. The van der Waals surface area contributed by atoms with Gasteiger partial charge in [-0.3, -0.25) is 10.1 Å². The highest BCUT2D eigenvalue weighted by molar-refractivity contribution is 7.90. The second-order valence-corrected chi connectivity index (χ2v) is 6.44. The summed E-state index contributed by atoms with van der Waals surface area (Å²) in [5.74, 6) is -2.98. The number of rotatable bonds is 4. The quantitative estimate of drug-likeness (QED) is 0.527. The van der Waals surface area contributed by atoms with Crippen LogP contribution in [-0.4, -0.2) is 13.3 Å². The molecule has 22 heavy (non-hydrogen) atoms. The third kappa shape index (κ3) is 3.03. The lowest BCUT2D eigenvalue weighted by atomic mass is 10.2. The van der Waals surface area contributed by atoms with Gasteiger partial charge in [-0.1, -0.05) is 12.1 Å². The highest BCUT2D eigenvalue weighted by Gasteiger charge is 2.23. The van der Waals surface area contributed by atoms with Gasteiger partial charge in [0.05, 0.1) is 21.3 Å². The summed E-state index contributed by atoms with van der Waals surface area (Å²) in [6.07, 6.45) is 0. The predicted molar refractivity (Wildman–Crippen MR) is 74.8 cm³/mol. The zero-order chi connectivity index (χ0) is 16.5. The fourth-order valence-electron chi connectivity index (χ4n) is 1.81. The average molecular weight is 328 g/mol. The SMILES string of the molecule is Nc1ccc(S(=O)(=O)Cc2cccc([N+](=O)[O-])c2F)cc1F. The number of hydrogen-bond acceptors (Lipinski definition) is 5. The smallest absolute Gasteiger partial charge is 0.305 e. The second kappa shape index (κ2) is 5.68. The van der Waals surface area contributed by atoms with E-state index >= 15 is 0 Å². The molecule has 0 atom stereocenters. The van der Waals surface area contributed by atoms with Crippen LogP contribution in [0.4, 0.5) is 20.2 Å². The number of nitrogens with two attached hydrogens (primary N) is 1. The van der Waals surface area contributed by atoms with Crippen molar-refractivity contribution in [1.82, 2.24) is 0 Å². The van der Waals surface area contributed by atoms with E-state index in [0.29, 0.717) is 0 Å². The molecule has 0 fully saturated rings. The van der Waals surface area contributed by atoms with Crippen molar-refractivity contribution in [3.63, 3.8) is 0 Å². The lowest BCUT2D eigenvalue weighted by Crippen LogP contribution is -2.08. The number of anilines is 1. The summed E-state index contributed by atoms with van der Waals surface area (Å²) in [5, 5.41) is 10.6. The van der Waals surface area contributed by atoms with Crippen molar-refractivity contribution < 1.29 is 22.1 Å². The van der Waals surface area contributed by atoms with Gasteiger partial charge in [-0.2, -0.15) is 4.39 Å². The molecule has 2 rings (SSSR count). The average Bonchev–Trinajstić information content (AvgIpc) is 2.43. The number of halogens is 2. The van der Waals surface area contributed by atoms with E-state index in [0.717, 1.165) is 30.3 Å². The first-order chi connectivity index (χ1) is 10.2. The van der Waals surface area contributed by atoms with Crippen molar-refractivity contribution >= 4 is 21.2 Å². The van der Waals surface area contributed by atoms with Gasteiger partial charge in [-0.15, -0.1) is 0 Å². The van der Waals surface area contributed by atoms with E-state index in [2.05, 4.69) is 0 Å². The van der Waals surface area contributed by atoms with E-state index < -0.39 is 37.8 Å². The van der Waals surface area contributed by atoms with E-state index in [1.165, 1.54) is 6.07 Å². The molecule has 0 aliphatic heterocycles. The summed E-state index contributed by atoms with van der Waals surface area (Å²) in [4.78, 5) is 9.31. The van der Waals surface area contributed by atoms with Gasteiger partial charge in [0.1, 0.15) is 5.82 Å². The van der Waals surface area contributed by atoms with Crippen LogP contribution in [0.1, 0.15) is 5.56 Å². The number of nitro groups is 1. The van der Waals surface area contributed by atoms with Crippen LogP contribution in [0.2, 0.25) is 0 Å². The molecule has 0 amide bonds. The van der Waals surface area contributed by atoms with Gasteiger partial charge >= 0.3 is 5.69 Å². The van der Waals surface area contributed by atoms with Gasteiger partial charge in [-0.25, -0.2) is 12.8 Å². The van der Waals surface area contributed by atoms with E-state index in [-0.39, 0.29) is 16.1 Å². The molecule has 2 N–H and O–H groups in total. The van der Waals surface area contributed by atoms with Crippen LogP contribution < -0.4 is 5.73 Å². The summed E-state index contributed by atoms with van der Waals surface area (Å²) in [6, 6.07) is 6.10. The number of nitro benzene ring substituents is 1. The molecule has 6 nitrogen and oxygen atoms in total. The fourth-order valence-corrected chi connectivity index (χ4v) is 3.17. The van der Waals surface area contributed by atoms with E-state index in [1.54, 1.807) is 0 Å². The Balaban J connectivity index is 2.43. The molecular formula is C13H10F2N2O4S. The van der Waals surface area contributed by atoms with Gasteiger partial charge in [0.25, 0.3) is 0 Å². The lowest BCUT2D eigenvalue weighted by Gasteiger charge is -2.07. The molecule has 9 heteroatoms. The van der Waals surface area contributed by atoms with Crippen LogP contribution in [0.5, 0.6) is 0 Å². The van der Waals surface area contributed by atoms with Crippen molar-refractivity contribution in [2.75, 3.05) is 5.73 Å². The van der Waals surface area contributed by atoms with Crippen molar-refractivity contribution in [3.05, 3.63) is 63.7 Å². The molecule has 0 bridgehead atoms. The Morgan fingerprint density at radius 2 is 1.86 bits per heavy atom. The Morgan fingerprint density at radius 1 is 1.18 bits per heavy atom. The molecule has 2 aromatic rings. The van der Waals surface area contributed by atoms with E-state index in [1.807, 2.05) is 0 Å². The highest BCUT2D eigenvalue weighted by Crippen LogP contribution is 2.25. The molecule has 0 aromatic heterocycles. The molecule has 0 radical (unpaired) electrons. The number of hydrogen-bond donors (Lipinski definition) is 1. The summed E-state index contributed by atoms with van der Waals surface area (Å²) in [7, 11) is -4.08. The molecule has 0 spiro atoms. The Morgan fingerprint density at radius 3 is 2.45 bits per heavy atom. The van der Waals surface area contributed by atoms with Crippen LogP contribution >= 0.6 is 0 Å². The molecule has 0 saturated carbocycles. The minimum Gasteiger partial charge on any atom is -0.396 e. The number of sulfone groups is 1. The van der Waals surface area contributed by atoms with Gasteiger partial charge in [0.2, 0.25) is 5.82 Å². The van der Waals surface area contributed by atoms with Crippen molar-refractivity contribution in [1.29, 1.82) is 0 Å². The summed E-state index contributed by atoms with van der Waals surface area (Å²) >= 11 is 0. The molecule has 0 aliphatic carbocycles. The van der Waals surface area contributed by atoms with Gasteiger partial charge < -0.3 is 5.73 Å². The third-order valence-electron chi connectivity index (χ3n) is 2.93. The van der Waals surface area contributed by atoms with Crippen LogP contribution in [0, 0.1) is 21.7 Å². The molecule has 0 aliphatic rings. The Hall–Kier alpha value is -2.55. The van der Waals surface area contributed by atoms with Crippen LogP contribution in [0.15, 0.2) is 41.3 Å². The number of benzene rings is 2. The van der Waals surface area contributed by atoms with Gasteiger partial charge in [-0.05, 0) is 18.2 Å². The Kier molecular flexibility index (Phi) is 4.09. The maximum atomic E-state index is 13.9. The zero-order valence-electron chi connectivity index (χ0n) is 11.0. The molecule has 116 valence electrons. The number of nitrogen functional groups attached to an aromatic ring is 1. The molecule has 0 saturated heterocycles. The molecular weight excluding hydrogens is 318 g/mol. The normalized spacial score (nSPS) is 11.4. The second-order valence-electron chi connectivity index (χ2n) is 4.45. The van der Waals surface area contributed by atoms with Crippen molar-refractivity contribution in [2.45, 2.75) is 10.6 Å². The lowest BCUT2D eigenvalue weighted by molar-refractivity contribution is -0.387. The van der Waals surface area contributed by atoms with Gasteiger partial charge in [0, 0.05) is 11.6 Å². The highest BCUT2D eigenvalue weighted by atomic mass is 32.2. The van der Waals surface area contributed by atoms with E-state index in [4.69, 9.17) is 5.73 Å². The van der Waals surface area contributed by atoms with Gasteiger partial charge in [0.15, 0.2) is 9.84 Å². The minimum atomic E-state index is -4.08. The summed E-state index contributed by atoms with van der Waals surface area (Å²) in [6.45, 7) is 0. The number of nitrogens with zero attached hydrogens (tertiary/aromatic N) is 1. The van der Waals surface area contributed by atoms with E-state index in [9.17, 15) is 27.3 Å². The van der Waals surface area contributed by atoms with Crippen molar-refractivity contribution in [2.24, 2.45) is 0 Å². The first-order valence-electron chi connectivity index (χ1n) is 5.92. The maximum Gasteiger partial charge on any atom is 0.305 e. The van der Waals surface area contributed by atoms with Crippen LogP contribution in [-0.2, 0) is 15.6 Å². The summed E-state index contributed by atoms with van der Waals surface area (Å²) < 4.78 is 51.6. The van der Waals surface area contributed by atoms with Crippen LogP contribution in [0.3, 0.4) is 0 Å². The maximum absolute atomic E-state index is 13.9. The standard InChI is InChI=1S/C13H10F2N2O4S/c14-10-6-9(4-5-11(10)16)22(20,21)7-8-2-1-3-12(13(8)15)17(18)19/h1-6H,7,16H2. The monoisotopic (exact) mass is 328 g/mol. The van der Waals surface area contributed by atoms with Crippen LogP contribution in [0.25, 0.3) is 0 Å². The molecule has 0 unspecified atom stereocenters. The van der Waals surface area contributed by atoms with Crippen molar-refractivity contribution in [3.8, 4) is 0 Å². The first kappa shape index (κ1) is 15.8. The fraction of sp³-hybridized carbons (Fsp3) is 0.0769. The zero-order valence-corrected chi connectivity index (χ0v) is 11.8. The Labute approximate surface area is 124 Å². The predicted octanol–water partition coefficient (Wildman–Crippen LogP) is 2.43. The first-order valence-corrected chi connectivity index (χ1v) is 7.57.